The molecule has 4 nitrogen and oxygen atoms in total. The number of hydrogen-bond acceptors (Lipinski definition) is 3. The number of fused-ring (bicyclic) bond motifs is 2. The van der Waals surface area contributed by atoms with E-state index in [1.165, 1.54) is 11.1 Å². The summed E-state index contributed by atoms with van der Waals surface area (Å²) >= 11 is 0. The maximum Gasteiger partial charge on any atom is 0.231 e. The fourth-order valence-corrected chi connectivity index (χ4v) is 3.53. The zero-order chi connectivity index (χ0) is 17.4. The molecule has 0 atom stereocenters. The van der Waals surface area contributed by atoms with Crippen LogP contribution in [-0.4, -0.2) is 28.0 Å². The zero-order valence-corrected chi connectivity index (χ0v) is 14.2. The molecule has 4 heteroatoms. The summed E-state index contributed by atoms with van der Waals surface area (Å²) in [6.45, 7) is 5.05. The van der Waals surface area contributed by atoms with E-state index >= 15 is 0 Å². The van der Waals surface area contributed by atoms with E-state index in [0.717, 1.165) is 36.1 Å². The lowest BCUT2D eigenvalue weighted by atomic mass is 9.98. The van der Waals surface area contributed by atoms with Gasteiger partial charge in [0.05, 0.1) is 5.56 Å². The van der Waals surface area contributed by atoms with E-state index in [4.69, 9.17) is 0 Å². The van der Waals surface area contributed by atoms with E-state index in [9.17, 15) is 9.59 Å². The minimum atomic E-state index is -0.423. The first-order valence-corrected chi connectivity index (χ1v) is 8.62. The average Bonchev–Trinajstić information content (AvgIpc) is 3.24. The van der Waals surface area contributed by atoms with Crippen LogP contribution >= 0.6 is 0 Å². The van der Waals surface area contributed by atoms with Crippen molar-refractivity contribution >= 4 is 22.5 Å². The number of carbonyl (C=O) groups is 2. The molecule has 0 unspecified atom stereocenters. The lowest BCUT2D eigenvalue weighted by Crippen LogP contribution is -2.16. The van der Waals surface area contributed by atoms with Gasteiger partial charge in [0.15, 0.2) is 0 Å². The highest BCUT2D eigenvalue weighted by Crippen LogP contribution is 2.24. The molecule has 1 aliphatic rings. The summed E-state index contributed by atoms with van der Waals surface area (Å²) in [6.07, 6.45) is 1.78. The number of Topliss-reactive ketones (excluding diaryl/α,β-unsaturated/α-hetero) is 2. The first kappa shape index (κ1) is 15.8. The Kier molecular flexibility index (Phi) is 3.98. The molecule has 0 saturated heterocycles. The maximum atomic E-state index is 12.6. The van der Waals surface area contributed by atoms with Crippen LogP contribution in [0.2, 0.25) is 0 Å². The molecule has 1 N–H and O–H groups in total. The standard InChI is InChI=1S/C21H20N2O2/c1-2-23-12-15-8-7-14(9-16(15)13-23)10-20(24)21(25)18-11-22-19-6-4-3-5-17(18)19/h3-9,11,22H,2,10,12-13H2,1H3. The summed E-state index contributed by atoms with van der Waals surface area (Å²) in [7, 11) is 0. The molecule has 0 amide bonds. The number of aromatic amines is 1. The van der Waals surface area contributed by atoms with Crippen LogP contribution in [0.5, 0.6) is 0 Å². The number of hydrogen-bond donors (Lipinski definition) is 1. The number of nitrogens with zero attached hydrogens (tertiary/aromatic N) is 1. The van der Waals surface area contributed by atoms with Crippen LogP contribution in [0.3, 0.4) is 0 Å². The van der Waals surface area contributed by atoms with Gasteiger partial charge in [-0.2, -0.15) is 0 Å². The molecule has 1 aliphatic heterocycles. The van der Waals surface area contributed by atoms with Crippen LogP contribution in [0.1, 0.15) is 34.0 Å². The van der Waals surface area contributed by atoms with E-state index in [-0.39, 0.29) is 12.2 Å². The number of nitrogens with one attached hydrogen (secondary N) is 1. The highest BCUT2D eigenvalue weighted by molar-refractivity contribution is 6.46. The summed E-state index contributed by atoms with van der Waals surface area (Å²) in [5, 5.41) is 0.799. The molecule has 0 fully saturated rings. The molecule has 4 rings (SSSR count). The Hall–Kier alpha value is -2.72. The first-order chi connectivity index (χ1) is 12.2. The van der Waals surface area contributed by atoms with Crippen molar-refractivity contribution < 1.29 is 9.59 Å². The highest BCUT2D eigenvalue weighted by atomic mass is 16.2. The topological polar surface area (TPSA) is 53.2 Å². The van der Waals surface area contributed by atoms with E-state index in [1.807, 2.05) is 30.3 Å². The van der Waals surface area contributed by atoms with Gasteiger partial charge in [-0.3, -0.25) is 14.5 Å². The Morgan fingerprint density at radius 3 is 2.72 bits per heavy atom. The lowest BCUT2D eigenvalue weighted by molar-refractivity contribution is -0.114. The summed E-state index contributed by atoms with van der Waals surface area (Å²) in [5.74, 6) is -0.789. The Morgan fingerprint density at radius 1 is 1.08 bits per heavy atom. The molecular weight excluding hydrogens is 312 g/mol. The molecule has 0 radical (unpaired) electrons. The van der Waals surface area contributed by atoms with Crippen molar-refractivity contribution in [2.45, 2.75) is 26.4 Å². The quantitative estimate of drug-likeness (QED) is 0.575. The molecule has 2 aromatic carbocycles. The van der Waals surface area contributed by atoms with Crippen molar-refractivity contribution in [2.75, 3.05) is 6.54 Å². The summed E-state index contributed by atoms with van der Waals surface area (Å²) in [4.78, 5) is 30.5. The van der Waals surface area contributed by atoms with Crippen molar-refractivity contribution in [1.29, 1.82) is 0 Å². The van der Waals surface area contributed by atoms with Crippen LogP contribution in [-0.2, 0) is 24.3 Å². The van der Waals surface area contributed by atoms with E-state index in [0.29, 0.717) is 5.56 Å². The minimum Gasteiger partial charge on any atom is -0.360 e. The van der Waals surface area contributed by atoms with Gasteiger partial charge in [-0.1, -0.05) is 43.3 Å². The van der Waals surface area contributed by atoms with E-state index in [2.05, 4.69) is 28.9 Å². The second-order valence-corrected chi connectivity index (χ2v) is 6.58. The normalized spacial score (nSPS) is 14.0. The number of para-hydroxylation sites is 1. The van der Waals surface area contributed by atoms with Crippen LogP contribution in [0.25, 0.3) is 10.9 Å². The number of ketones is 2. The monoisotopic (exact) mass is 332 g/mol. The predicted molar refractivity (Wildman–Crippen MR) is 97.6 cm³/mol. The van der Waals surface area contributed by atoms with Crippen LogP contribution in [0.15, 0.2) is 48.7 Å². The second kappa shape index (κ2) is 6.30. The van der Waals surface area contributed by atoms with Gasteiger partial charge in [-0.15, -0.1) is 0 Å². The Morgan fingerprint density at radius 2 is 1.88 bits per heavy atom. The van der Waals surface area contributed by atoms with Crippen molar-refractivity contribution in [2.24, 2.45) is 0 Å². The van der Waals surface area contributed by atoms with Crippen LogP contribution < -0.4 is 0 Å². The molecule has 0 aliphatic carbocycles. The smallest absolute Gasteiger partial charge is 0.231 e. The lowest BCUT2D eigenvalue weighted by Gasteiger charge is -2.09. The predicted octanol–water partition coefficient (Wildman–Crippen LogP) is 3.50. The molecule has 0 bridgehead atoms. The Labute approximate surface area is 146 Å². The number of rotatable bonds is 5. The third kappa shape index (κ3) is 2.89. The third-order valence-electron chi connectivity index (χ3n) is 4.96. The first-order valence-electron chi connectivity index (χ1n) is 8.62. The fraction of sp³-hybridized carbons (Fsp3) is 0.238. The van der Waals surface area contributed by atoms with Gasteiger partial charge in [-0.25, -0.2) is 0 Å². The van der Waals surface area contributed by atoms with Gasteiger partial charge in [0, 0.05) is 36.6 Å². The zero-order valence-electron chi connectivity index (χ0n) is 14.2. The summed E-state index contributed by atoms with van der Waals surface area (Å²) < 4.78 is 0. The van der Waals surface area contributed by atoms with Gasteiger partial charge < -0.3 is 4.98 Å². The molecule has 0 saturated carbocycles. The van der Waals surface area contributed by atoms with Gasteiger partial charge >= 0.3 is 0 Å². The molecular formula is C21H20N2O2. The van der Waals surface area contributed by atoms with Crippen LogP contribution in [0, 0.1) is 0 Å². The Balaban J connectivity index is 1.54. The number of aromatic nitrogens is 1. The number of H-pyrrole nitrogens is 1. The van der Waals surface area contributed by atoms with Crippen molar-refractivity contribution in [3.05, 3.63) is 70.9 Å². The molecule has 126 valence electrons. The molecule has 25 heavy (non-hydrogen) atoms. The van der Waals surface area contributed by atoms with Crippen molar-refractivity contribution in [3.8, 4) is 0 Å². The van der Waals surface area contributed by atoms with Crippen molar-refractivity contribution in [3.63, 3.8) is 0 Å². The van der Waals surface area contributed by atoms with Gasteiger partial charge in [0.2, 0.25) is 11.6 Å². The van der Waals surface area contributed by atoms with Crippen molar-refractivity contribution in [1.82, 2.24) is 9.88 Å². The van der Waals surface area contributed by atoms with Gasteiger partial charge in [0.25, 0.3) is 0 Å². The minimum absolute atomic E-state index is 0.151. The fourth-order valence-electron chi connectivity index (χ4n) is 3.53. The van der Waals surface area contributed by atoms with Crippen LogP contribution in [0.4, 0.5) is 0 Å². The number of carbonyl (C=O) groups excluding carboxylic acids is 2. The summed E-state index contributed by atoms with van der Waals surface area (Å²) in [5.41, 5.74) is 4.83. The molecule has 1 aromatic heterocycles. The van der Waals surface area contributed by atoms with Gasteiger partial charge in [-0.05, 0) is 29.3 Å². The van der Waals surface area contributed by atoms with Gasteiger partial charge in [0.1, 0.15) is 0 Å². The molecule has 0 spiro atoms. The maximum absolute atomic E-state index is 12.6. The third-order valence-corrected chi connectivity index (χ3v) is 4.96. The Bertz CT molecular complexity index is 971. The molecule has 2 heterocycles. The summed E-state index contributed by atoms with van der Waals surface area (Å²) in [6, 6.07) is 13.7. The van der Waals surface area contributed by atoms with E-state index < -0.39 is 5.78 Å². The largest absolute Gasteiger partial charge is 0.360 e. The second-order valence-electron chi connectivity index (χ2n) is 6.58. The SMILES string of the molecule is CCN1Cc2ccc(CC(=O)C(=O)c3c[nH]c4ccccc34)cc2C1. The molecule has 3 aromatic rings. The van der Waals surface area contributed by atoms with E-state index in [1.54, 1.807) is 6.20 Å². The number of benzene rings is 2. The highest BCUT2D eigenvalue weighted by Gasteiger charge is 2.22. The average molecular weight is 332 g/mol.